The molecule has 6 heteroatoms. The number of carboxylic acids is 1. The SMILES string of the molecule is CCc1ccc(Nc2ccc3c(c2)CCCC3Cn2c(-c3cc(C(=O)O)ccn3)nc3ccccc32)cc1. The molecule has 6 rings (SSSR count). The Morgan fingerprint density at radius 3 is 2.66 bits per heavy atom. The first-order valence-electron chi connectivity index (χ1n) is 13.2. The Hall–Kier alpha value is -4.45. The highest BCUT2D eigenvalue weighted by molar-refractivity contribution is 5.89. The molecule has 0 saturated carbocycles. The molecule has 6 nitrogen and oxygen atoms in total. The number of benzene rings is 3. The fraction of sp³-hybridized carbons (Fsp3) is 0.219. The van der Waals surface area contributed by atoms with E-state index in [9.17, 15) is 9.90 Å². The Labute approximate surface area is 222 Å². The third kappa shape index (κ3) is 4.65. The van der Waals surface area contributed by atoms with Gasteiger partial charge >= 0.3 is 5.97 Å². The Morgan fingerprint density at radius 2 is 1.84 bits per heavy atom. The van der Waals surface area contributed by atoms with E-state index in [1.54, 1.807) is 12.3 Å². The van der Waals surface area contributed by atoms with Crippen molar-refractivity contribution in [3.05, 3.63) is 107 Å². The van der Waals surface area contributed by atoms with Gasteiger partial charge in [-0.05, 0) is 90.9 Å². The standard InChI is InChI=1S/C32H30N4O2/c1-2-21-10-12-25(13-11-21)34-26-14-15-27-22(18-26)6-5-7-24(27)20-36-30-9-4-3-8-28(30)35-31(36)29-19-23(32(37)38)16-17-33-29/h3-4,8-19,24,34H,2,5-7,20H2,1H3,(H,37,38). The Kier molecular flexibility index (Phi) is 6.38. The molecule has 2 heterocycles. The van der Waals surface area contributed by atoms with Crippen LogP contribution in [0.25, 0.3) is 22.6 Å². The second kappa shape index (κ2) is 10.1. The van der Waals surface area contributed by atoms with Crippen molar-refractivity contribution in [2.45, 2.75) is 45.1 Å². The largest absolute Gasteiger partial charge is 0.478 e. The molecule has 0 radical (unpaired) electrons. The lowest BCUT2D eigenvalue weighted by Crippen LogP contribution is -2.16. The average molecular weight is 503 g/mol. The van der Waals surface area contributed by atoms with Gasteiger partial charge in [0.15, 0.2) is 5.82 Å². The second-order valence-corrected chi connectivity index (χ2v) is 9.95. The van der Waals surface area contributed by atoms with E-state index in [0.29, 0.717) is 17.4 Å². The molecule has 1 aliphatic rings. The molecule has 5 aromatic rings. The molecule has 38 heavy (non-hydrogen) atoms. The number of pyridine rings is 1. The van der Waals surface area contributed by atoms with Crippen molar-refractivity contribution in [2.75, 3.05) is 5.32 Å². The van der Waals surface area contributed by atoms with E-state index >= 15 is 0 Å². The molecule has 1 unspecified atom stereocenters. The summed E-state index contributed by atoms with van der Waals surface area (Å²) in [6.45, 7) is 2.93. The number of hydrogen-bond donors (Lipinski definition) is 2. The number of nitrogens with one attached hydrogen (secondary N) is 1. The summed E-state index contributed by atoms with van der Waals surface area (Å²) in [5.41, 5.74) is 9.00. The molecule has 1 aliphatic carbocycles. The van der Waals surface area contributed by atoms with Gasteiger partial charge in [0.1, 0.15) is 5.69 Å². The van der Waals surface area contributed by atoms with Crippen molar-refractivity contribution in [1.29, 1.82) is 0 Å². The molecular formula is C32H30N4O2. The van der Waals surface area contributed by atoms with Crippen LogP contribution in [0.5, 0.6) is 0 Å². The number of aromatic carboxylic acids is 1. The van der Waals surface area contributed by atoms with Crippen LogP contribution >= 0.6 is 0 Å². The maximum absolute atomic E-state index is 11.6. The van der Waals surface area contributed by atoms with E-state index in [-0.39, 0.29) is 5.56 Å². The van der Waals surface area contributed by atoms with Gasteiger partial charge in [-0.1, -0.05) is 37.3 Å². The molecule has 0 saturated heterocycles. The predicted molar refractivity (Wildman–Crippen MR) is 151 cm³/mol. The van der Waals surface area contributed by atoms with E-state index in [0.717, 1.165) is 54.6 Å². The zero-order chi connectivity index (χ0) is 26.1. The zero-order valence-corrected chi connectivity index (χ0v) is 21.4. The van der Waals surface area contributed by atoms with Crippen LogP contribution in [0.2, 0.25) is 0 Å². The van der Waals surface area contributed by atoms with Gasteiger partial charge in [-0.2, -0.15) is 0 Å². The number of fused-ring (bicyclic) bond motifs is 2. The highest BCUT2D eigenvalue weighted by atomic mass is 16.4. The molecule has 0 spiro atoms. The average Bonchev–Trinajstić information content (AvgIpc) is 3.32. The lowest BCUT2D eigenvalue weighted by Gasteiger charge is -2.27. The lowest BCUT2D eigenvalue weighted by molar-refractivity contribution is 0.0697. The number of hydrogen-bond acceptors (Lipinski definition) is 4. The number of carboxylic acid groups (broad SMARTS) is 1. The van der Waals surface area contributed by atoms with Crippen molar-refractivity contribution in [3.63, 3.8) is 0 Å². The summed E-state index contributed by atoms with van der Waals surface area (Å²) in [7, 11) is 0. The molecule has 2 aromatic heterocycles. The van der Waals surface area contributed by atoms with Crippen LogP contribution < -0.4 is 5.32 Å². The second-order valence-electron chi connectivity index (χ2n) is 9.95. The first kappa shape index (κ1) is 23.9. The normalized spacial score (nSPS) is 14.8. The first-order valence-corrected chi connectivity index (χ1v) is 13.2. The Bertz CT molecular complexity index is 1620. The summed E-state index contributed by atoms with van der Waals surface area (Å²) in [6, 6.07) is 26.6. The van der Waals surface area contributed by atoms with Crippen LogP contribution in [0, 0.1) is 0 Å². The number of carbonyl (C=O) groups is 1. The minimum atomic E-state index is -0.969. The van der Waals surface area contributed by atoms with Gasteiger partial charge in [-0.25, -0.2) is 9.78 Å². The van der Waals surface area contributed by atoms with Crippen molar-refractivity contribution in [3.8, 4) is 11.5 Å². The molecule has 190 valence electrons. The molecule has 0 aliphatic heterocycles. The number of anilines is 2. The van der Waals surface area contributed by atoms with Crippen molar-refractivity contribution in [1.82, 2.24) is 14.5 Å². The minimum absolute atomic E-state index is 0.209. The smallest absolute Gasteiger partial charge is 0.335 e. The number of imidazole rings is 1. The highest BCUT2D eigenvalue weighted by Gasteiger charge is 2.24. The fourth-order valence-electron chi connectivity index (χ4n) is 5.53. The van der Waals surface area contributed by atoms with E-state index in [2.05, 4.69) is 70.3 Å². The molecule has 0 fully saturated rings. The van der Waals surface area contributed by atoms with Gasteiger partial charge in [-0.3, -0.25) is 4.98 Å². The fourth-order valence-corrected chi connectivity index (χ4v) is 5.53. The molecule has 2 N–H and O–H groups in total. The summed E-state index contributed by atoms with van der Waals surface area (Å²) in [6.07, 6.45) is 5.86. The number of rotatable bonds is 7. The number of para-hydroxylation sites is 2. The number of nitrogens with zero attached hydrogens (tertiary/aromatic N) is 3. The van der Waals surface area contributed by atoms with E-state index in [4.69, 9.17) is 4.98 Å². The third-order valence-corrected chi connectivity index (χ3v) is 7.53. The first-order chi connectivity index (χ1) is 18.6. The van der Waals surface area contributed by atoms with Gasteiger partial charge in [0, 0.05) is 30.0 Å². The summed E-state index contributed by atoms with van der Waals surface area (Å²) >= 11 is 0. The van der Waals surface area contributed by atoms with Gasteiger partial charge in [0.2, 0.25) is 0 Å². The number of aromatic nitrogens is 3. The summed E-state index contributed by atoms with van der Waals surface area (Å²) in [4.78, 5) is 21.0. The van der Waals surface area contributed by atoms with Crippen molar-refractivity contribution < 1.29 is 9.90 Å². The van der Waals surface area contributed by atoms with Crippen LogP contribution in [0.1, 0.15) is 52.7 Å². The van der Waals surface area contributed by atoms with Crippen molar-refractivity contribution >= 4 is 28.4 Å². The molecule has 0 amide bonds. The quantitative estimate of drug-likeness (QED) is 0.246. The molecule has 0 bridgehead atoms. The van der Waals surface area contributed by atoms with Crippen LogP contribution in [0.3, 0.4) is 0 Å². The number of aryl methyl sites for hydroxylation is 2. The van der Waals surface area contributed by atoms with E-state index in [1.165, 1.54) is 22.8 Å². The van der Waals surface area contributed by atoms with Gasteiger partial charge in [0.25, 0.3) is 0 Å². The topological polar surface area (TPSA) is 80.0 Å². The highest BCUT2D eigenvalue weighted by Crippen LogP contribution is 2.37. The Morgan fingerprint density at radius 1 is 1.03 bits per heavy atom. The van der Waals surface area contributed by atoms with Gasteiger partial charge in [0.05, 0.1) is 16.6 Å². The molecular weight excluding hydrogens is 472 g/mol. The summed E-state index contributed by atoms with van der Waals surface area (Å²) < 4.78 is 2.21. The van der Waals surface area contributed by atoms with Gasteiger partial charge in [-0.15, -0.1) is 0 Å². The van der Waals surface area contributed by atoms with Crippen LogP contribution in [-0.4, -0.2) is 25.6 Å². The maximum Gasteiger partial charge on any atom is 0.335 e. The van der Waals surface area contributed by atoms with Crippen LogP contribution in [0.15, 0.2) is 85.1 Å². The summed E-state index contributed by atoms with van der Waals surface area (Å²) in [5.74, 6) is 0.0640. The zero-order valence-electron chi connectivity index (χ0n) is 21.4. The monoisotopic (exact) mass is 502 g/mol. The summed E-state index contributed by atoms with van der Waals surface area (Å²) in [5, 5.41) is 13.1. The molecule has 3 aromatic carbocycles. The Balaban J connectivity index is 1.33. The predicted octanol–water partition coefficient (Wildman–Crippen LogP) is 7.22. The van der Waals surface area contributed by atoms with Crippen LogP contribution in [-0.2, 0) is 19.4 Å². The maximum atomic E-state index is 11.6. The molecule has 1 atom stereocenters. The van der Waals surface area contributed by atoms with Crippen molar-refractivity contribution in [2.24, 2.45) is 0 Å². The minimum Gasteiger partial charge on any atom is -0.478 e. The lowest BCUT2D eigenvalue weighted by atomic mass is 9.82. The van der Waals surface area contributed by atoms with E-state index in [1.807, 2.05) is 18.2 Å². The van der Waals surface area contributed by atoms with E-state index < -0.39 is 5.97 Å². The van der Waals surface area contributed by atoms with Gasteiger partial charge < -0.3 is 15.0 Å². The third-order valence-electron chi connectivity index (χ3n) is 7.53. The van der Waals surface area contributed by atoms with Crippen LogP contribution in [0.4, 0.5) is 11.4 Å².